The zero-order valence-corrected chi connectivity index (χ0v) is 24.3. The molecule has 4 aromatic heterocycles. The van der Waals surface area contributed by atoms with E-state index in [1.54, 1.807) is 37.2 Å². The van der Waals surface area contributed by atoms with E-state index < -0.39 is 0 Å². The average molecular weight is 607 g/mol. The molecule has 0 bridgehead atoms. The summed E-state index contributed by atoms with van der Waals surface area (Å²) < 4.78 is 16.5. The van der Waals surface area contributed by atoms with Crippen LogP contribution < -0.4 is 0 Å². The van der Waals surface area contributed by atoms with Gasteiger partial charge in [-0.1, -0.05) is 48.5 Å². The van der Waals surface area contributed by atoms with Gasteiger partial charge in [0.2, 0.25) is 0 Å². The topological polar surface area (TPSA) is 128 Å². The number of fused-ring (bicyclic) bond motifs is 10. The molecule has 10 rings (SSSR count). The second kappa shape index (κ2) is 11.2. The first kappa shape index (κ1) is 25.9. The molecular weight excluding hydrogens is 589 g/mol. The minimum atomic E-state index is 0.864. The van der Waals surface area contributed by atoms with E-state index in [2.05, 4.69) is 83.8 Å². The summed E-state index contributed by atoms with van der Waals surface area (Å²) in [4.78, 5) is 25.7. The average Bonchev–Trinajstić information content (AvgIpc) is 3.76. The van der Waals surface area contributed by atoms with E-state index in [-0.39, 0.29) is 0 Å². The molecule has 5 heterocycles. The van der Waals surface area contributed by atoms with Gasteiger partial charge in [-0.15, -0.1) is 0 Å². The van der Waals surface area contributed by atoms with E-state index in [0.29, 0.717) is 0 Å². The minimum Gasteiger partial charge on any atom is -0.253 e. The van der Waals surface area contributed by atoms with Gasteiger partial charge in [-0.25, -0.2) is 0 Å². The summed E-state index contributed by atoms with van der Waals surface area (Å²) >= 11 is 2.42. The molecule has 208 valence electrons. The normalized spacial score (nSPS) is 11.7. The standard InChI is InChI=1S/C16H10N2.2C8H4N4S/c1-3-7-13-11(5-1)12-6-2-4-8-14(12)16-15(13)17-9-10-18-16;2*1-2-10-6-4-8-7(11-13-12-8)3-5(6)9-1/h1-10H;2*1-4H. The molecule has 9 aromatic rings. The van der Waals surface area contributed by atoms with Crippen LogP contribution in [0.5, 0.6) is 0 Å². The quantitative estimate of drug-likeness (QED) is 0.159. The van der Waals surface area contributed by atoms with Crippen LogP contribution in [-0.4, -0.2) is 38.7 Å². The van der Waals surface area contributed by atoms with E-state index >= 15 is 0 Å². The van der Waals surface area contributed by atoms with Gasteiger partial charge in [-0.05, 0) is 35.0 Å². The van der Waals surface area contributed by atoms with Gasteiger partial charge in [0.15, 0.2) is 0 Å². The van der Waals surface area contributed by atoms with Crippen LogP contribution in [-0.2, 0) is 11.4 Å². The summed E-state index contributed by atoms with van der Waals surface area (Å²) in [5, 5.41) is 4.81. The highest BCUT2D eigenvalue weighted by molar-refractivity contribution is 7.58. The molecule has 0 saturated heterocycles. The molecule has 10 nitrogen and oxygen atoms in total. The first-order chi connectivity index (χ1) is 21.8. The molecule has 0 N–H and O–H groups in total. The summed E-state index contributed by atoms with van der Waals surface area (Å²) in [6.45, 7) is 0. The molecule has 1 aliphatic rings. The molecule has 44 heavy (non-hydrogen) atoms. The molecule has 0 spiro atoms. The van der Waals surface area contributed by atoms with Crippen molar-refractivity contribution in [2.45, 2.75) is 0 Å². The van der Waals surface area contributed by atoms with E-state index in [0.717, 1.165) is 55.5 Å². The maximum atomic E-state index is 4.50. The predicted molar refractivity (Wildman–Crippen MR) is 176 cm³/mol. The van der Waals surface area contributed by atoms with Gasteiger partial charge in [0, 0.05) is 48.0 Å². The Morgan fingerprint density at radius 3 is 1.23 bits per heavy atom. The number of nitrogens with zero attached hydrogens (tertiary/aromatic N) is 10. The second-order valence-corrected chi connectivity index (χ2v) is 10.7. The SMILES string of the molecule is c1ccc2c(c1)c1ccccc1c1nccnc21.c1cnc2cc3c(cc2n1)N=S=N3.c1cnc2cc3nsnc3cc2n1. The third kappa shape index (κ3) is 4.77. The zero-order valence-electron chi connectivity index (χ0n) is 22.7. The first-order valence-corrected chi connectivity index (χ1v) is 14.9. The maximum Gasteiger partial charge on any atom is 0.107 e. The molecule has 0 aliphatic carbocycles. The Kier molecular flexibility index (Phi) is 6.59. The van der Waals surface area contributed by atoms with Gasteiger partial charge in [0.25, 0.3) is 0 Å². The number of rotatable bonds is 0. The Hall–Kier alpha value is -5.72. The van der Waals surface area contributed by atoms with Crippen LogP contribution in [0, 0.1) is 0 Å². The fourth-order valence-corrected chi connectivity index (χ4v) is 6.09. The Balaban J connectivity index is 0.000000101. The van der Waals surface area contributed by atoms with Crippen LogP contribution in [0.1, 0.15) is 0 Å². The van der Waals surface area contributed by atoms with Gasteiger partial charge in [-0.2, -0.15) is 17.5 Å². The van der Waals surface area contributed by atoms with Crippen molar-refractivity contribution in [2.75, 3.05) is 0 Å². The highest BCUT2D eigenvalue weighted by atomic mass is 32.1. The van der Waals surface area contributed by atoms with Crippen molar-refractivity contribution in [1.82, 2.24) is 38.7 Å². The number of benzene rings is 5. The van der Waals surface area contributed by atoms with Crippen molar-refractivity contribution in [2.24, 2.45) is 8.73 Å². The fourth-order valence-electron chi connectivity index (χ4n) is 5.07. The number of hydrogen-bond donors (Lipinski definition) is 0. The Labute approximate surface area is 256 Å². The lowest BCUT2D eigenvalue weighted by Crippen LogP contribution is -1.87. The van der Waals surface area contributed by atoms with Crippen molar-refractivity contribution >= 4 is 100 Å². The van der Waals surface area contributed by atoms with E-state index in [1.165, 1.54) is 44.6 Å². The summed E-state index contributed by atoms with van der Waals surface area (Å²) in [6, 6.07) is 24.4. The highest BCUT2D eigenvalue weighted by Gasteiger charge is 2.09. The second-order valence-electron chi connectivity index (χ2n) is 9.65. The molecule has 0 radical (unpaired) electrons. The molecule has 0 atom stereocenters. The van der Waals surface area contributed by atoms with E-state index in [9.17, 15) is 0 Å². The number of aromatic nitrogens is 8. The monoisotopic (exact) mass is 606 g/mol. The third-order valence-corrected chi connectivity index (χ3v) is 8.15. The minimum absolute atomic E-state index is 0.864. The summed E-state index contributed by atoms with van der Waals surface area (Å²) in [7, 11) is 0. The third-order valence-electron chi connectivity index (χ3n) is 7.04. The Bertz CT molecular complexity index is 2260. The molecular formula is C32H18N10S2. The van der Waals surface area contributed by atoms with Crippen LogP contribution in [0.2, 0.25) is 0 Å². The lowest BCUT2D eigenvalue weighted by molar-refractivity contribution is 1.29. The van der Waals surface area contributed by atoms with Gasteiger partial charge in [-0.3, -0.25) is 29.9 Å². The van der Waals surface area contributed by atoms with Gasteiger partial charge in [0.1, 0.15) is 22.4 Å². The molecule has 12 heteroatoms. The molecule has 5 aromatic carbocycles. The lowest BCUT2D eigenvalue weighted by Gasteiger charge is -2.07. The summed E-state index contributed by atoms with van der Waals surface area (Å²) in [5.74, 6) is 0. The fraction of sp³-hybridized carbons (Fsp3) is 0. The Morgan fingerprint density at radius 1 is 0.386 bits per heavy atom. The van der Waals surface area contributed by atoms with Crippen LogP contribution >= 0.6 is 11.7 Å². The van der Waals surface area contributed by atoms with Crippen molar-refractivity contribution < 1.29 is 0 Å². The predicted octanol–water partition coefficient (Wildman–Crippen LogP) is 7.93. The maximum absolute atomic E-state index is 4.50. The summed E-state index contributed by atoms with van der Waals surface area (Å²) in [5.41, 5.74) is 8.96. The van der Waals surface area contributed by atoms with E-state index in [4.69, 9.17) is 0 Å². The molecule has 0 amide bonds. The van der Waals surface area contributed by atoms with Gasteiger partial charge in [0.05, 0.1) is 56.2 Å². The number of hydrogen-bond acceptors (Lipinski definition) is 11. The molecule has 0 saturated carbocycles. The van der Waals surface area contributed by atoms with Crippen molar-refractivity contribution in [3.63, 3.8) is 0 Å². The first-order valence-electron chi connectivity index (χ1n) is 13.5. The lowest BCUT2D eigenvalue weighted by atomic mass is 10.00. The van der Waals surface area contributed by atoms with Gasteiger partial charge < -0.3 is 0 Å². The zero-order chi connectivity index (χ0) is 29.3. The Morgan fingerprint density at radius 2 is 0.773 bits per heavy atom. The highest BCUT2D eigenvalue weighted by Crippen LogP contribution is 2.34. The molecule has 0 unspecified atom stereocenters. The van der Waals surface area contributed by atoms with Crippen LogP contribution in [0.25, 0.3) is 65.7 Å². The smallest absolute Gasteiger partial charge is 0.107 e. The summed E-state index contributed by atoms with van der Waals surface area (Å²) in [6.07, 6.45) is 10.2. The van der Waals surface area contributed by atoms with Crippen molar-refractivity contribution in [3.05, 3.63) is 110 Å². The van der Waals surface area contributed by atoms with Crippen LogP contribution in [0.4, 0.5) is 11.4 Å². The van der Waals surface area contributed by atoms with Gasteiger partial charge >= 0.3 is 0 Å². The molecule has 0 fully saturated rings. The van der Waals surface area contributed by atoms with Crippen molar-refractivity contribution in [3.8, 4) is 0 Å². The van der Waals surface area contributed by atoms with E-state index in [1.807, 2.05) is 36.4 Å². The van der Waals surface area contributed by atoms with Crippen molar-refractivity contribution in [1.29, 1.82) is 0 Å². The van der Waals surface area contributed by atoms with Crippen LogP contribution in [0.15, 0.2) is 119 Å². The van der Waals surface area contributed by atoms with Crippen LogP contribution in [0.3, 0.4) is 0 Å². The largest absolute Gasteiger partial charge is 0.253 e. The molecule has 1 aliphatic heterocycles.